The van der Waals surface area contributed by atoms with Crippen LogP contribution in [0.4, 0.5) is 0 Å². The van der Waals surface area contributed by atoms with Gasteiger partial charge in [0, 0.05) is 50.5 Å². The zero-order valence-electron chi connectivity index (χ0n) is 12.8. The van der Waals surface area contributed by atoms with Crippen LogP contribution in [-0.4, -0.2) is 36.5 Å². The summed E-state index contributed by atoms with van der Waals surface area (Å²) >= 11 is 0. The zero-order valence-corrected chi connectivity index (χ0v) is 12.8. The van der Waals surface area contributed by atoms with Gasteiger partial charge in [0.15, 0.2) is 0 Å². The summed E-state index contributed by atoms with van der Waals surface area (Å²) in [7, 11) is 1.72. The number of hydrogen-bond donors (Lipinski definition) is 2. The monoisotopic (exact) mass is 290 g/mol. The molecule has 0 bridgehead atoms. The predicted octanol–water partition coefficient (Wildman–Crippen LogP) is 2.54. The lowest BCUT2D eigenvalue weighted by Crippen LogP contribution is -2.18. The summed E-state index contributed by atoms with van der Waals surface area (Å²) in [5, 5.41) is 13.6. The third kappa shape index (κ3) is 4.56. The largest absolute Gasteiger partial charge is 0.396 e. The molecule has 0 aliphatic heterocycles. The van der Waals surface area contributed by atoms with Gasteiger partial charge in [0.05, 0.1) is 6.61 Å². The van der Waals surface area contributed by atoms with E-state index in [0.29, 0.717) is 6.61 Å². The van der Waals surface area contributed by atoms with Crippen LogP contribution in [-0.2, 0) is 17.8 Å². The molecular weight excluding hydrogens is 264 g/mol. The van der Waals surface area contributed by atoms with E-state index >= 15 is 0 Å². The Morgan fingerprint density at radius 1 is 1.19 bits per heavy atom. The van der Waals surface area contributed by atoms with Gasteiger partial charge in [-0.1, -0.05) is 12.1 Å². The molecule has 2 aromatic rings. The maximum Gasteiger partial charge on any atom is 0.0587 e. The summed E-state index contributed by atoms with van der Waals surface area (Å²) in [6, 6.07) is 8.69. The first-order valence-corrected chi connectivity index (χ1v) is 7.74. The molecule has 21 heavy (non-hydrogen) atoms. The van der Waals surface area contributed by atoms with Crippen LogP contribution in [0.3, 0.4) is 0 Å². The summed E-state index contributed by atoms with van der Waals surface area (Å²) in [6.45, 7) is 3.79. The number of aliphatic hydroxyl groups excluding tert-OH is 1. The normalized spacial score (nSPS) is 11.3. The van der Waals surface area contributed by atoms with E-state index in [2.05, 4.69) is 40.3 Å². The molecule has 1 heterocycles. The predicted molar refractivity (Wildman–Crippen MR) is 86.5 cm³/mol. The topological polar surface area (TPSA) is 46.4 Å². The highest BCUT2D eigenvalue weighted by Gasteiger charge is 2.05. The molecule has 0 amide bonds. The second-order valence-corrected chi connectivity index (χ2v) is 5.31. The molecule has 0 saturated carbocycles. The van der Waals surface area contributed by atoms with Gasteiger partial charge >= 0.3 is 0 Å². The maximum atomic E-state index is 8.83. The summed E-state index contributed by atoms with van der Waals surface area (Å²) < 4.78 is 7.36. The minimum atomic E-state index is 0.295. The Balaban J connectivity index is 1.99. The summed E-state index contributed by atoms with van der Waals surface area (Å²) in [6.07, 6.45) is 5.26. The van der Waals surface area contributed by atoms with Crippen LogP contribution >= 0.6 is 0 Å². The Hall–Kier alpha value is -1.36. The van der Waals surface area contributed by atoms with Crippen LogP contribution in [0.25, 0.3) is 10.9 Å². The molecule has 2 rings (SSSR count). The molecule has 4 nitrogen and oxygen atoms in total. The highest BCUT2D eigenvalue weighted by atomic mass is 16.5. The van der Waals surface area contributed by atoms with Gasteiger partial charge in [-0.25, -0.2) is 0 Å². The standard InChI is InChI=1S/C17H26N2O2/c1-21-13-9-18-14-15-6-5-7-17-16(15)8-11-19(17)10-3-2-4-12-20/h5-8,11,18,20H,2-4,9-10,12-14H2,1H3. The van der Waals surface area contributed by atoms with Gasteiger partial charge < -0.3 is 19.7 Å². The minimum Gasteiger partial charge on any atom is -0.396 e. The molecule has 0 spiro atoms. The van der Waals surface area contributed by atoms with Gasteiger partial charge in [-0.3, -0.25) is 0 Å². The second-order valence-electron chi connectivity index (χ2n) is 5.31. The molecule has 0 aliphatic rings. The van der Waals surface area contributed by atoms with Crippen molar-refractivity contribution in [3.8, 4) is 0 Å². The highest BCUT2D eigenvalue weighted by Crippen LogP contribution is 2.21. The quantitative estimate of drug-likeness (QED) is 0.661. The SMILES string of the molecule is COCCNCc1cccc2c1ccn2CCCCCO. The van der Waals surface area contributed by atoms with Gasteiger partial charge in [-0.2, -0.15) is 0 Å². The molecule has 0 unspecified atom stereocenters. The fourth-order valence-corrected chi connectivity index (χ4v) is 2.60. The van der Waals surface area contributed by atoms with Crippen molar-refractivity contribution in [3.63, 3.8) is 0 Å². The van der Waals surface area contributed by atoms with E-state index in [1.807, 2.05) is 0 Å². The summed E-state index contributed by atoms with van der Waals surface area (Å²) in [4.78, 5) is 0. The minimum absolute atomic E-state index is 0.295. The number of fused-ring (bicyclic) bond motifs is 1. The van der Waals surface area contributed by atoms with E-state index in [0.717, 1.165) is 45.5 Å². The number of benzene rings is 1. The number of nitrogens with one attached hydrogen (secondary N) is 1. The Morgan fingerprint density at radius 2 is 2.10 bits per heavy atom. The number of aliphatic hydroxyl groups is 1. The smallest absolute Gasteiger partial charge is 0.0587 e. The summed E-state index contributed by atoms with van der Waals surface area (Å²) in [5.41, 5.74) is 2.63. The van der Waals surface area contributed by atoms with Gasteiger partial charge in [-0.05, 0) is 37.0 Å². The zero-order chi connectivity index (χ0) is 14.9. The van der Waals surface area contributed by atoms with Crippen LogP contribution in [0.15, 0.2) is 30.5 Å². The number of aromatic nitrogens is 1. The van der Waals surface area contributed by atoms with Crippen LogP contribution in [0, 0.1) is 0 Å². The van der Waals surface area contributed by atoms with E-state index in [9.17, 15) is 0 Å². The van der Waals surface area contributed by atoms with E-state index < -0.39 is 0 Å². The molecule has 4 heteroatoms. The van der Waals surface area contributed by atoms with Crippen molar-refractivity contribution < 1.29 is 9.84 Å². The van der Waals surface area contributed by atoms with Crippen LogP contribution in [0.5, 0.6) is 0 Å². The Bertz CT molecular complexity index is 537. The van der Waals surface area contributed by atoms with Crippen molar-refractivity contribution >= 4 is 10.9 Å². The number of rotatable bonds is 10. The third-order valence-corrected chi connectivity index (χ3v) is 3.76. The lowest BCUT2D eigenvalue weighted by atomic mass is 10.1. The van der Waals surface area contributed by atoms with Crippen LogP contribution in [0.1, 0.15) is 24.8 Å². The van der Waals surface area contributed by atoms with Crippen LogP contribution in [0.2, 0.25) is 0 Å². The number of ether oxygens (including phenoxy) is 1. The molecule has 0 fully saturated rings. The van der Waals surface area contributed by atoms with E-state index in [1.165, 1.54) is 16.5 Å². The maximum absolute atomic E-state index is 8.83. The van der Waals surface area contributed by atoms with E-state index in [-0.39, 0.29) is 0 Å². The second kappa shape index (κ2) is 8.82. The Labute approximate surface area is 126 Å². The van der Waals surface area contributed by atoms with Crippen molar-refractivity contribution in [2.45, 2.75) is 32.4 Å². The van der Waals surface area contributed by atoms with E-state index in [4.69, 9.17) is 9.84 Å². The number of hydrogen-bond acceptors (Lipinski definition) is 3. The summed E-state index contributed by atoms with van der Waals surface area (Å²) in [5.74, 6) is 0. The molecule has 0 aliphatic carbocycles. The number of nitrogens with zero attached hydrogens (tertiary/aromatic N) is 1. The molecule has 1 aromatic carbocycles. The lowest BCUT2D eigenvalue weighted by Gasteiger charge is -2.08. The van der Waals surface area contributed by atoms with Crippen LogP contribution < -0.4 is 5.32 Å². The molecule has 116 valence electrons. The van der Waals surface area contributed by atoms with Crippen molar-refractivity contribution in [2.75, 3.05) is 26.9 Å². The average molecular weight is 290 g/mol. The Morgan fingerprint density at radius 3 is 2.90 bits per heavy atom. The first kappa shape index (κ1) is 16.0. The fourth-order valence-electron chi connectivity index (χ4n) is 2.60. The molecule has 1 aromatic heterocycles. The third-order valence-electron chi connectivity index (χ3n) is 3.76. The molecular formula is C17H26N2O2. The molecule has 0 radical (unpaired) electrons. The Kier molecular flexibility index (Phi) is 6.73. The van der Waals surface area contributed by atoms with Crippen molar-refractivity contribution in [3.05, 3.63) is 36.0 Å². The first-order valence-electron chi connectivity index (χ1n) is 7.74. The van der Waals surface area contributed by atoms with Crippen molar-refractivity contribution in [2.24, 2.45) is 0 Å². The number of aryl methyl sites for hydroxylation is 1. The number of unbranched alkanes of at least 4 members (excludes halogenated alkanes) is 2. The highest BCUT2D eigenvalue weighted by molar-refractivity contribution is 5.83. The fraction of sp³-hybridized carbons (Fsp3) is 0.529. The van der Waals surface area contributed by atoms with Gasteiger partial charge in [-0.15, -0.1) is 0 Å². The average Bonchev–Trinajstić information content (AvgIpc) is 2.92. The number of methoxy groups -OCH3 is 1. The molecule has 0 atom stereocenters. The van der Waals surface area contributed by atoms with Gasteiger partial charge in [0.2, 0.25) is 0 Å². The lowest BCUT2D eigenvalue weighted by molar-refractivity contribution is 0.199. The van der Waals surface area contributed by atoms with E-state index in [1.54, 1.807) is 7.11 Å². The van der Waals surface area contributed by atoms with Crippen molar-refractivity contribution in [1.29, 1.82) is 0 Å². The van der Waals surface area contributed by atoms with Crippen molar-refractivity contribution in [1.82, 2.24) is 9.88 Å². The first-order chi connectivity index (χ1) is 10.4. The molecule has 2 N–H and O–H groups in total. The molecule has 0 saturated heterocycles. The van der Waals surface area contributed by atoms with Gasteiger partial charge in [0.1, 0.15) is 0 Å². The van der Waals surface area contributed by atoms with Gasteiger partial charge in [0.25, 0.3) is 0 Å².